The molecular weight excluding hydrogens is 659 g/mol. The van der Waals surface area contributed by atoms with Gasteiger partial charge in [0, 0.05) is 74.8 Å². The average molecular weight is 698 g/mol. The summed E-state index contributed by atoms with van der Waals surface area (Å²) in [6, 6.07) is 56.3. The number of benzene rings is 7. The Balaban J connectivity index is 1.39. The van der Waals surface area contributed by atoms with Crippen LogP contribution in [0.3, 0.4) is 0 Å². The molecule has 0 saturated heterocycles. The normalized spacial score (nSPS) is 11.0. The first-order chi connectivity index (χ1) is 26.1. The first-order valence-electron chi connectivity index (χ1n) is 17.4. The zero-order valence-electron chi connectivity index (χ0n) is 30.1. The van der Waals surface area contributed by atoms with Crippen LogP contribution in [0.5, 0.6) is 23.0 Å². The van der Waals surface area contributed by atoms with Crippen LogP contribution in [-0.2, 0) is 0 Å². The SMILES string of the molecule is COc1cccc(N(c2cccc(OC)c2)c2ccc3c(c2)c2cc(N(c4cccc(OC)c4)c4cccc(OC)c4)ccc2n3-c2ccccc2)c1. The Hall–Kier alpha value is -6.86. The molecule has 0 atom stereocenters. The van der Waals surface area contributed by atoms with Gasteiger partial charge in [-0.2, -0.15) is 0 Å². The minimum absolute atomic E-state index is 0.775. The van der Waals surface area contributed by atoms with Gasteiger partial charge in [0.05, 0.1) is 39.5 Å². The van der Waals surface area contributed by atoms with Gasteiger partial charge in [-0.1, -0.05) is 42.5 Å². The van der Waals surface area contributed by atoms with Gasteiger partial charge >= 0.3 is 0 Å². The molecule has 0 fully saturated rings. The number of hydrogen-bond donors (Lipinski definition) is 0. The Kier molecular flexibility index (Phi) is 9.05. The Bertz CT molecular complexity index is 2290. The molecule has 0 aliphatic rings. The third-order valence-corrected chi connectivity index (χ3v) is 9.51. The van der Waals surface area contributed by atoms with E-state index in [-0.39, 0.29) is 0 Å². The van der Waals surface area contributed by atoms with E-state index in [9.17, 15) is 0 Å². The second-order valence-corrected chi connectivity index (χ2v) is 12.6. The third-order valence-electron chi connectivity index (χ3n) is 9.51. The maximum atomic E-state index is 5.66. The van der Waals surface area contributed by atoms with Gasteiger partial charge in [0.1, 0.15) is 23.0 Å². The van der Waals surface area contributed by atoms with Gasteiger partial charge in [-0.25, -0.2) is 0 Å². The molecule has 0 bridgehead atoms. The Morgan fingerprint density at radius 2 is 0.679 bits per heavy atom. The number of nitrogens with zero attached hydrogens (tertiary/aromatic N) is 3. The molecule has 0 radical (unpaired) electrons. The first-order valence-corrected chi connectivity index (χ1v) is 17.4. The quantitative estimate of drug-likeness (QED) is 0.134. The third kappa shape index (κ3) is 6.34. The largest absolute Gasteiger partial charge is 0.497 e. The number of para-hydroxylation sites is 1. The molecule has 1 aromatic heterocycles. The van der Waals surface area contributed by atoms with E-state index in [4.69, 9.17) is 18.9 Å². The van der Waals surface area contributed by atoms with Crippen molar-refractivity contribution in [3.05, 3.63) is 164 Å². The lowest BCUT2D eigenvalue weighted by atomic mass is 10.1. The molecule has 7 nitrogen and oxygen atoms in total. The molecule has 0 saturated carbocycles. The summed E-state index contributed by atoms with van der Waals surface area (Å²) >= 11 is 0. The molecule has 7 heteroatoms. The van der Waals surface area contributed by atoms with E-state index in [1.807, 2.05) is 54.6 Å². The van der Waals surface area contributed by atoms with Crippen LogP contribution in [0.2, 0.25) is 0 Å². The fourth-order valence-corrected chi connectivity index (χ4v) is 7.03. The maximum Gasteiger partial charge on any atom is 0.120 e. The number of fused-ring (bicyclic) bond motifs is 3. The summed E-state index contributed by atoms with van der Waals surface area (Å²) in [7, 11) is 6.77. The van der Waals surface area contributed by atoms with Crippen molar-refractivity contribution in [3.8, 4) is 28.7 Å². The van der Waals surface area contributed by atoms with Crippen LogP contribution in [0, 0.1) is 0 Å². The van der Waals surface area contributed by atoms with Gasteiger partial charge in [-0.3, -0.25) is 0 Å². The van der Waals surface area contributed by atoms with Crippen LogP contribution in [0.15, 0.2) is 164 Å². The van der Waals surface area contributed by atoms with Crippen molar-refractivity contribution < 1.29 is 18.9 Å². The standard InChI is InChI=1S/C46H39N3O4/c1-50-39-18-8-14-33(26-39)47(34-15-9-19-40(27-34)51-2)37-22-24-45-43(30-37)44-31-38(23-25-46(44)49(45)32-12-6-5-7-13-32)48(35-16-10-20-41(28-35)52-3)36-17-11-21-42(29-36)53-4/h5-31H,1-4H3. The summed E-state index contributed by atoms with van der Waals surface area (Å²) in [4.78, 5) is 4.47. The van der Waals surface area contributed by atoms with Gasteiger partial charge in [-0.05, 0) is 97.1 Å². The van der Waals surface area contributed by atoms with E-state index in [0.29, 0.717) is 0 Å². The lowest BCUT2D eigenvalue weighted by molar-refractivity contribution is 0.414. The zero-order valence-corrected chi connectivity index (χ0v) is 30.1. The second-order valence-electron chi connectivity index (χ2n) is 12.6. The fourth-order valence-electron chi connectivity index (χ4n) is 7.03. The van der Waals surface area contributed by atoms with E-state index >= 15 is 0 Å². The molecule has 0 unspecified atom stereocenters. The molecule has 0 N–H and O–H groups in total. The maximum absolute atomic E-state index is 5.66. The summed E-state index contributed by atoms with van der Waals surface area (Å²) in [5.41, 5.74) is 9.12. The van der Waals surface area contributed by atoms with Gasteiger partial charge in [-0.15, -0.1) is 0 Å². The Morgan fingerprint density at radius 3 is 1.02 bits per heavy atom. The number of rotatable bonds is 11. The number of hydrogen-bond acceptors (Lipinski definition) is 6. The molecule has 262 valence electrons. The number of ether oxygens (including phenoxy) is 4. The Labute approximate surface area is 309 Å². The number of methoxy groups -OCH3 is 4. The van der Waals surface area contributed by atoms with Gasteiger partial charge < -0.3 is 33.3 Å². The zero-order chi connectivity index (χ0) is 36.3. The smallest absolute Gasteiger partial charge is 0.120 e. The minimum Gasteiger partial charge on any atom is -0.497 e. The lowest BCUT2D eigenvalue weighted by Gasteiger charge is -2.26. The van der Waals surface area contributed by atoms with Gasteiger partial charge in [0.2, 0.25) is 0 Å². The van der Waals surface area contributed by atoms with Crippen molar-refractivity contribution >= 4 is 55.9 Å². The summed E-state index contributed by atoms with van der Waals surface area (Å²) in [5, 5.41) is 2.21. The molecular formula is C46H39N3O4. The van der Waals surface area contributed by atoms with Crippen molar-refractivity contribution in [2.45, 2.75) is 0 Å². The molecule has 7 aromatic carbocycles. The topological polar surface area (TPSA) is 48.3 Å². The summed E-state index contributed by atoms with van der Waals surface area (Å²) in [6.45, 7) is 0. The van der Waals surface area contributed by atoms with Gasteiger partial charge in [0.25, 0.3) is 0 Å². The van der Waals surface area contributed by atoms with Crippen LogP contribution < -0.4 is 28.7 Å². The summed E-state index contributed by atoms with van der Waals surface area (Å²) in [5.74, 6) is 3.10. The second kappa shape index (κ2) is 14.4. The van der Waals surface area contributed by atoms with E-state index in [0.717, 1.165) is 84.6 Å². The van der Waals surface area contributed by atoms with E-state index in [1.165, 1.54) is 0 Å². The summed E-state index contributed by atoms with van der Waals surface area (Å²) < 4.78 is 25.0. The van der Waals surface area contributed by atoms with E-state index in [1.54, 1.807) is 28.4 Å². The Morgan fingerprint density at radius 1 is 0.340 bits per heavy atom. The van der Waals surface area contributed by atoms with Crippen molar-refractivity contribution in [2.75, 3.05) is 38.2 Å². The monoisotopic (exact) mass is 697 g/mol. The number of aromatic nitrogens is 1. The first kappa shape index (κ1) is 33.3. The fraction of sp³-hybridized carbons (Fsp3) is 0.0870. The number of anilines is 6. The van der Waals surface area contributed by atoms with Crippen molar-refractivity contribution in [1.29, 1.82) is 0 Å². The highest BCUT2D eigenvalue weighted by molar-refractivity contribution is 6.12. The van der Waals surface area contributed by atoms with E-state index in [2.05, 4.69) is 124 Å². The highest BCUT2D eigenvalue weighted by Crippen LogP contribution is 2.44. The molecule has 8 aromatic rings. The summed E-state index contributed by atoms with van der Waals surface area (Å²) in [6.07, 6.45) is 0. The molecule has 1 heterocycles. The van der Waals surface area contributed by atoms with Crippen molar-refractivity contribution in [2.24, 2.45) is 0 Å². The van der Waals surface area contributed by atoms with Crippen LogP contribution in [-0.4, -0.2) is 33.0 Å². The molecule has 8 rings (SSSR count). The highest BCUT2D eigenvalue weighted by atomic mass is 16.5. The van der Waals surface area contributed by atoms with Crippen LogP contribution in [0.25, 0.3) is 27.5 Å². The molecule has 0 spiro atoms. The van der Waals surface area contributed by atoms with Crippen molar-refractivity contribution in [1.82, 2.24) is 4.57 Å². The molecule has 0 aliphatic carbocycles. The van der Waals surface area contributed by atoms with Crippen molar-refractivity contribution in [3.63, 3.8) is 0 Å². The molecule has 53 heavy (non-hydrogen) atoms. The molecule has 0 aliphatic heterocycles. The van der Waals surface area contributed by atoms with Crippen LogP contribution in [0.1, 0.15) is 0 Å². The average Bonchev–Trinajstić information content (AvgIpc) is 3.54. The predicted molar refractivity (Wildman–Crippen MR) is 216 cm³/mol. The predicted octanol–water partition coefficient (Wildman–Crippen LogP) is 11.8. The van der Waals surface area contributed by atoms with Gasteiger partial charge in [0.15, 0.2) is 0 Å². The van der Waals surface area contributed by atoms with Crippen LogP contribution >= 0.6 is 0 Å². The van der Waals surface area contributed by atoms with Crippen LogP contribution in [0.4, 0.5) is 34.1 Å². The van der Waals surface area contributed by atoms with E-state index < -0.39 is 0 Å². The highest BCUT2D eigenvalue weighted by Gasteiger charge is 2.21. The lowest BCUT2D eigenvalue weighted by Crippen LogP contribution is -2.10. The molecule has 0 amide bonds. The minimum atomic E-state index is 0.775.